The lowest BCUT2D eigenvalue weighted by molar-refractivity contribution is 0.327. The van der Waals surface area contributed by atoms with E-state index in [1.54, 1.807) is 18.3 Å². The molecule has 3 rings (SSSR count). The number of nitrogens with one attached hydrogen (secondary N) is 1. The van der Waals surface area contributed by atoms with Gasteiger partial charge in [0.2, 0.25) is 0 Å². The van der Waals surface area contributed by atoms with Gasteiger partial charge in [-0.15, -0.1) is 0 Å². The van der Waals surface area contributed by atoms with Gasteiger partial charge in [0.15, 0.2) is 0 Å². The van der Waals surface area contributed by atoms with Crippen LogP contribution in [0.2, 0.25) is 0 Å². The Kier molecular flexibility index (Phi) is 5.49. The van der Waals surface area contributed by atoms with E-state index < -0.39 is 0 Å². The van der Waals surface area contributed by atoms with Crippen LogP contribution in [0, 0.1) is 0 Å². The number of aliphatic imine (C=N–C) groups is 1. The van der Waals surface area contributed by atoms with Crippen molar-refractivity contribution in [3.8, 4) is 11.5 Å². The molecule has 24 heavy (non-hydrogen) atoms. The summed E-state index contributed by atoms with van der Waals surface area (Å²) in [6.45, 7) is 0.639. The molecule has 4 heteroatoms. The molecule has 126 valence electrons. The number of nitrogens with zero attached hydrogens (tertiary/aromatic N) is 1. The van der Waals surface area contributed by atoms with Crippen LogP contribution in [-0.4, -0.2) is 28.5 Å². The summed E-state index contributed by atoms with van der Waals surface area (Å²) in [7, 11) is 0. The molecule has 2 atom stereocenters. The topological polar surface area (TPSA) is 64.9 Å². The second kappa shape index (κ2) is 7.97. The molecular weight excluding hydrogens is 300 g/mol. The van der Waals surface area contributed by atoms with Gasteiger partial charge in [-0.05, 0) is 31.0 Å². The maximum Gasteiger partial charge on any atom is 0.124 e. The van der Waals surface area contributed by atoms with Gasteiger partial charge < -0.3 is 15.5 Å². The standard InChI is InChI=1S/C20H24N2O2/c23-19-11-5-1-7-15(19)13-21-17-9-3-4-10-18(17)22-14-16-8-2-6-12-20(16)24/h1-2,5-8,11-13,17-18,22-24H,3-4,9-10,14H2. The van der Waals surface area contributed by atoms with Gasteiger partial charge in [-0.2, -0.15) is 0 Å². The fourth-order valence-corrected chi connectivity index (χ4v) is 3.20. The van der Waals surface area contributed by atoms with E-state index in [9.17, 15) is 10.2 Å². The van der Waals surface area contributed by atoms with Crippen LogP contribution >= 0.6 is 0 Å². The van der Waals surface area contributed by atoms with Gasteiger partial charge in [-0.3, -0.25) is 4.99 Å². The summed E-state index contributed by atoms with van der Waals surface area (Å²) in [5.41, 5.74) is 1.66. The van der Waals surface area contributed by atoms with E-state index in [0.29, 0.717) is 18.3 Å². The van der Waals surface area contributed by atoms with Gasteiger partial charge in [-0.25, -0.2) is 0 Å². The van der Waals surface area contributed by atoms with E-state index in [1.165, 1.54) is 12.8 Å². The predicted octanol–water partition coefficient (Wildman–Crippen LogP) is 3.62. The number of phenolic OH excluding ortho intramolecular Hbond substituents is 2. The normalized spacial score (nSPS) is 21.2. The van der Waals surface area contributed by atoms with Crippen LogP contribution in [0.15, 0.2) is 53.5 Å². The highest BCUT2D eigenvalue weighted by Gasteiger charge is 2.24. The molecular formula is C20H24N2O2. The number of benzene rings is 2. The number of phenols is 2. The van der Waals surface area contributed by atoms with Crippen molar-refractivity contribution in [1.82, 2.24) is 5.32 Å². The summed E-state index contributed by atoms with van der Waals surface area (Å²) in [5.74, 6) is 0.589. The highest BCUT2D eigenvalue weighted by Crippen LogP contribution is 2.23. The zero-order valence-electron chi connectivity index (χ0n) is 13.7. The van der Waals surface area contributed by atoms with Crippen molar-refractivity contribution in [2.24, 2.45) is 4.99 Å². The maximum absolute atomic E-state index is 9.89. The smallest absolute Gasteiger partial charge is 0.124 e. The summed E-state index contributed by atoms with van der Waals surface area (Å²) < 4.78 is 0. The number of hydrogen-bond donors (Lipinski definition) is 3. The van der Waals surface area contributed by atoms with Crippen molar-refractivity contribution >= 4 is 6.21 Å². The van der Waals surface area contributed by atoms with Gasteiger partial charge in [0.25, 0.3) is 0 Å². The Morgan fingerprint density at radius 1 is 0.958 bits per heavy atom. The molecule has 1 aliphatic rings. The molecule has 4 nitrogen and oxygen atoms in total. The average Bonchev–Trinajstić information content (AvgIpc) is 2.61. The minimum Gasteiger partial charge on any atom is -0.508 e. The Morgan fingerprint density at radius 2 is 1.67 bits per heavy atom. The van der Waals surface area contributed by atoms with Crippen molar-refractivity contribution in [1.29, 1.82) is 0 Å². The Hall–Kier alpha value is -2.33. The van der Waals surface area contributed by atoms with Crippen LogP contribution in [0.1, 0.15) is 36.8 Å². The number of hydrogen-bond acceptors (Lipinski definition) is 4. The van der Waals surface area contributed by atoms with Crippen molar-refractivity contribution in [2.75, 3.05) is 0 Å². The fraction of sp³-hybridized carbons (Fsp3) is 0.350. The second-order valence-electron chi connectivity index (χ2n) is 6.30. The number of rotatable bonds is 5. The van der Waals surface area contributed by atoms with E-state index in [0.717, 1.165) is 24.0 Å². The third-order valence-corrected chi connectivity index (χ3v) is 4.62. The molecule has 0 heterocycles. The third-order valence-electron chi connectivity index (χ3n) is 4.62. The first-order valence-corrected chi connectivity index (χ1v) is 8.55. The molecule has 0 amide bonds. The zero-order chi connectivity index (χ0) is 16.8. The lowest BCUT2D eigenvalue weighted by Crippen LogP contribution is -2.40. The summed E-state index contributed by atoms with van der Waals surface area (Å²) in [6, 6.07) is 15.2. The molecule has 3 N–H and O–H groups in total. The monoisotopic (exact) mass is 324 g/mol. The molecule has 0 aliphatic heterocycles. The summed E-state index contributed by atoms with van der Waals surface area (Å²) in [5, 5.41) is 23.3. The average molecular weight is 324 g/mol. The summed E-state index contributed by atoms with van der Waals surface area (Å²) >= 11 is 0. The molecule has 2 aromatic carbocycles. The van der Waals surface area contributed by atoms with E-state index in [2.05, 4.69) is 5.32 Å². The fourth-order valence-electron chi connectivity index (χ4n) is 3.20. The maximum atomic E-state index is 9.89. The molecule has 0 saturated heterocycles. The Bertz CT molecular complexity index is 700. The molecule has 2 aromatic rings. The van der Waals surface area contributed by atoms with E-state index >= 15 is 0 Å². The van der Waals surface area contributed by atoms with Gasteiger partial charge in [0.05, 0.1) is 6.04 Å². The highest BCUT2D eigenvalue weighted by atomic mass is 16.3. The van der Waals surface area contributed by atoms with Crippen LogP contribution in [-0.2, 0) is 6.54 Å². The van der Waals surface area contributed by atoms with E-state index in [-0.39, 0.29) is 11.8 Å². The van der Waals surface area contributed by atoms with Crippen LogP contribution < -0.4 is 5.32 Å². The Morgan fingerprint density at radius 3 is 2.46 bits per heavy atom. The lowest BCUT2D eigenvalue weighted by Gasteiger charge is -2.29. The molecule has 1 saturated carbocycles. The van der Waals surface area contributed by atoms with E-state index in [1.807, 2.05) is 36.4 Å². The van der Waals surface area contributed by atoms with Gasteiger partial charge in [0.1, 0.15) is 11.5 Å². The zero-order valence-corrected chi connectivity index (χ0v) is 13.7. The van der Waals surface area contributed by atoms with E-state index in [4.69, 9.17) is 4.99 Å². The van der Waals surface area contributed by atoms with Gasteiger partial charge in [0, 0.05) is 29.9 Å². The lowest BCUT2D eigenvalue weighted by atomic mass is 9.90. The Balaban J connectivity index is 1.65. The number of para-hydroxylation sites is 2. The summed E-state index contributed by atoms with van der Waals surface area (Å²) in [6.07, 6.45) is 6.28. The van der Waals surface area contributed by atoms with Crippen molar-refractivity contribution in [3.63, 3.8) is 0 Å². The van der Waals surface area contributed by atoms with Crippen molar-refractivity contribution in [3.05, 3.63) is 59.7 Å². The first-order valence-electron chi connectivity index (χ1n) is 8.55. The molecule has 0 radical (unpaired) electrons. The molecule has 0 bridgehead atoms. The van der Waals surface area contributed by atoms with Crippen molar-refractivity contribution < 1.29 is 10.2 Å². The highest BCUT2D eigenvalue weighted by molar-refractivity contribution is 5.83. The third kappa shape index (κ3) is 4.15. The number of aromatic hydroxyl groups is 2. The van der Waals surface area contributed by atoms with Crippen LogP contribution in [0.25, 0.3) is 0 Å². The minimum absolute atomic E-state index is 0.198. The molecule has 0 aromatic heterocycles. The molecule has 2 unspecified atom stereocenters. The van der Waals surface area contributed by atoms with Crippen LogP contribution in [0.5, 0.6) is 11.5 Å². The quantitative estimate of drug-likeness (QED) is 0.736. The minimum atomic E-state index is 0.198. The molecule has 1 aliphatic carbocycles. The SMILES string of the molecule is Oc1ccccc1C=NC1CCCCC1NCc1ccccc1O. The molecule has 0 spiro atoms. The van der Waals surface area contributed by atoms with Gasteiger partial charge >= 0.3 is 0 Å². The van der Waals surface area contributed by atoms with Crippen molar-refractivity contribution in [2.45, 2.75) is 44.3 Å². The van der Waals surface area contributed by atoms with Gasteiger partial charge in [-0.1, -0.05) is 43.2 Å². The molecule has 1 fully saturated rings. The second-order valence-corrected chi connectivity index (χ2v) is 6.30. The summed E-state index contributed by atoms with van der Waals surface area (Å²) in [4.78, 5) is 4.72. The van der Waals surface area contributed by atoms with Crippen LogP contribution in [0.3, 0.4) is 0 Å². The first-order chi connectivity index (χ1) is 11.7. The largest absolute Gasteiger partial charge is 0.508 e. The first kappa shape index (κ1) is 16.5. The predicted molar refractivity (Wildman–Crippen MR) is 96.7 cm³/mol. The Labute approximate surface area is 142 Å². The van der Waals surface area contributed by atoms with Crippen LogP contribution in [0.4, 0.5) is 0 Å².